The average Bonchev–Trinajstić information content (AvgIpc) is 1.85. The predicted octanol–water partition coefficient (Wildman–Crippen LogP) is 0.281. The van der Waals surface area contributed by atoms with E-state index in [1.54, 1.807) is 6.08 Å². The zero-order chi connectivity index (χ0) is 8.43. The second-order valence-electron chi connectivity index (χ2n) is 2.84. The summed E-state index contributed by atoms with van der Waals surface area (Å²) >= 11 is 0. The summed E-state index contributed by atoms with van der Waals surface area (Å²) < 4.78 is 0. The molecule has 1 rings (SSSR count). The number of carbonyl (C=O) groups is 1. The van der Waals surface area contributed by atoms with Gasteiger partial charge in [-0.3, -0.25) is 4.79 Å². The van der Waals surface area contributed by atoms with Gasteiger partial charge >= 0.3 is 0 Å². The Balaban J connectivity index is 2.88. The smallest absolute Gasteiger partial charge is 0.250 e. The van der Waals surface area contributed by atoms with Crippen LogP contribution in [0.3, 0.4) is 0 Å². The highest BCUT2D eigenvalue weighted by Gasteiger charge is 2.13. The molecular formula is C8H12N2O. The summed E-state index contributed by atoms with van der Waals surface area (Å²) in [4.78, 5) is 10.7. The van der Waals surface area contributed by atoms with Crippen molar-refractivity contribution in [2.24, 2.45) is 17.4 Å². The Morgan fingerprint density at radius 3 is 2.82 bits per heavy atom. The van der Waals surface area contributed by atoms with Gasteiger partial charge in [-0.1, -0.05) is 19.1 Å². The van der Waals surface area contributed by atoms with Crippen LogP contribution in [0.4, 0.5) is 0 Å². The highest BCUT2D eigenvalue weighted by atomic mass is 16.1. The summed E-state index contributed by atoms with van der Waals surface area (Å²) in [6.07, 6.45) is 4.37. The van der Waals surface area contributed by atoms with Crippen LogP contribution in [0.15, 0.2) is 23.4 Å². The largest absolute Gasteiger partial charge is 0.401 e. The molecule has 1 unspecified atom stereocenters. The van der Waals surface area contributed by atoms with E-state index in [4.69, 9.17) is 11.5 Å². The zero-order valence-electron chi connectivity index (χ0n) is 6.50. The third-order valence-corrected chi connectivity index (χ3v) is 1.74. The lowest BCUT2D eigenvalue weighted by Gasteiger charge is -2.14. The summed E-state index contributed by atoms with van der Waals surface area (Å²) in [6, 6.07) is 0. The van der Waals surface area contributed by atoms with Crippen molar-refractivity contribution in [2.75, 3.05) is 0 Å². The molecule has 1 aliphatic rings. The molecule has 0 aromatic carbocycles. The second kappa shape index (κ2) is 2.78. The standard InChI is InChI=1S/C8H12N2O/c1-5-2-3-6(8(10)11)7(9)4-5/h2-3,5H,4,9H2,1H3,(H2,10,11). The first-order valence-corrected chi connectivity index (χ1v) is 3.58. The fourth-order valence-electron chi connectivity index (χ4n) is 1.13. The van der Waals surface area contributed by atoms with Gasteiger partial charge in [-0.05, 0) is 12.3 Å². The van der Waals surface area contributed by atoms with Crippen LogP contribution >= 0.6 is 0 Å². The molecule has 1 amide bonds. The van der Waals surface area contributed by atoms with Crippen molar-refractivity contribution in [2.45, 2.75) is 13.3 Å². The molecule has 0 aromatic rings. The number of primary amides is 1. The normalized spacial score (nSPS) is 23.9. The van der Waals surface area contributed by atoms with Crippen LogP contribution in [0.2, 0.25) is 0 Å². The summed E-state index contributed by atoms with van der Waals surface area (Å²) in [7, 11) is 0. The van der Waals surface area contributed by atoms with Crippen LogP contribution in [0.25, 0.3) is 0 Å². The predicted molar refractivity (Wildman–Crippen MR) is 43.3 cm³/mol. The van der Waals surface area contributed by atoms with Crippen molar-refractivity contribution in [3.05, 3.63) is 23.4 Å². The van der Waals surface area contributed by atoms with Crippen LogP contribution in [0.5, 0.6) is 0 Å². The molecule has 3 heteroatoms. The van der Waals surface area contributed by atoms with Crippen LogP contribution in [-0.2, 0) is 4.79 Å². The topological polar surface area (TPSA) is 69.1 Å². The first-order chi connectivity index (χ1) is 5.11. The molecule has 0 aromatic heterocycles. The SMILES string of the molecule is CC1C=CC(C(N)=O)=C(N)C1. The molecule has 0 saturated carbocycles. The number of rotatable bonds is 1. The van der Waals surface area contributed by atoms with E-state index in [2.05, 4.69) is 0 Å². The molecule has 3 nitrogen and oxygen atoms in total. The number of nitrogens with two attached hydrogens (primary N) is 2. The summed E-state index contributed by atoms with van der Waals surface area (Å²) in [5.74, 6) is -0.0243. The number of hydrogen-bond acceptors (Lipinski definition) is 2. The lowest BCUT2D eigenvalue weighted by Crippen LogP contribution is -2.20. The van der Waals surface area contributed by atoms with Crippen molar-refractivity contribution in [3.63, 3.8) is 0 Å². The highest BCUT2D eigenvalue weighted by Crippen LogP contribution is 2.18. The monoisotopic (exact) mass is 152 g/mol. The zero-order valence-corrected chi connectivity index (χ0v) is 6.50. The molecule has 0 radical (unpaired) electrons. The van der Waals surface area contributed by atoms with Crippen molar-refractivity contribution in [1.29, 1.82) is 0 Å². The molecule has 0 saturated heterocycles. The summed E-state index contributed by atoms with van der Waals surface area (Å²) in [5.41, 5.74) is 11.7. The van der Waals surface area contributed by atoms with Crippen LogP contribution < -0.4 is 11.5 Å². The van der Waals surface area contributed by atoms with Crippen LogP contribution in [0, 0.1) is 5.92 Å². The molecule has 4 N–H and O–H groups in total. The third kappa shape index (κ3) is 1.61. The van der Waals surface area contributed by atoms with Crippen molar-refractivity contribution in [3.8, 4) is 0 Å². The van der Waals surface area contributed by atoms with Gasteiger partial charge in [0.05, 0.1) is 5.57 Å². The van der Waals surface area contributed by atoms with Gasteiger partial charge < -0.3 is 11.5 Å². The molecule has 1 atom stereocenters. The third-order valence-electron chi connectivity index (χ3n) is 1.74. The fraction of sp³-hybridized carbons (Fsp3) is 0.375. The van der Waals surface area contributed by atoms with Gasteiger partial charge in [0.1, 0.15) is 0 Å². The Hall–Kier alpha value is -1.25. The van der Waals surface area contributed by atoms with Gasteiger partial charge in [-0.15, -0.1) is 0 Å². The quantitative estimate of drug-likeness (QED) is 0.566. The van der Waals surface area contributed by atoms with Crippen molar-refractivity contribution in [1.82, 2.24) is 0 Å². The molecule has 0 bridgehead atoms. The van der Waals surface area contributed by atoms with E-state index in [1.807, 2.05) is 13.0 Å². The van der Waals surface area contributed by atoms with Gasteiger partial charge in [0.2, 0.25) is 5.91 Å². The Kier molecular flexibility index (Phi) is 1.98. The lowest BCUT2D eigenvalue weighted by molar-refractivity contribution is -0.114. The number of carbonyl (C=O) groups excluding carboxylic acids is 1. The van der Waals surface area contributed by atoms with Gasteiger partial charge in [0, 0.05) is 5.70 Å². The van der Waals surface area contributed by atoms with E-state index in [-0.39, 0.29) is 0 Å². The molecule has 60 valence electrons. The van der Waals surface area contributed by atoms with Crippen molar-refractivity contribution >= 4 is 5.91 Å². The van der Waals surface area contributed by atoms with Crippen molar-refractivity contribution < 1.29 is 4.79 Å². The van der Waals surface area contributed by atoms with Crippen LogP contribution in [0.1, 0.15) is 13.3 Å². The average molecular weight is 152 g/mol. The minimum Gasteiger partial charge on any atom is -0.401 e. The van der Waals surface area contributed by atoms with E-state index >= 15 is 0 Å². The van der Waals surface area contributed by atoms with E-state index in [0.717, 1.165) is 6.42 Å². The van der Waals surface area contributed by atoms with Crippen LogP contribution in [-0.4, -0.2) is 5.91 Å². The minimum absolute atomic E-state index is 0.415. The maximum absolute atomic E-state index is 10.7. The molecule has 1 aliphatic carbocycles. The maximum Gasteiger partial charge on any atom is 0.250 e. The molecule has 0 fully saturated rings. The number of allylic oxidation sites excluding steroid dienone is 2. The van der Waals surface area contributed by atoms with E-state index in [0.29, 0.717) is 17.2 Å². The summed E-state index contributed by atoms with van der Waals surface area (Å²) in [5, 5.41) is 0. The lowest BCUT2D eigenvalue weighted by atomic mass is 9.95. The molecular weight excluding hydrogens is 140 g/mol. The van der Waals surface area contributed by atoms with Gasteiger partial charge in [0.25, 0.3) is 0 Å². The summed E-state index contributed by atoms with van der Waals surface area (Å²) in [6.45, 7) is 2.04. The molecule has 11 heavy (non-hydrogen) atoms. The van der Waals surface area contributed by atoms with E-state index in [9.17, 15) is 4.79 Å². The second-order valence-corrected chi connectivity index (χ2v) is 2.84. The van der Waals surface area contributed by atoms with E-state index in [1.165, 1.54) is 0 Å². The molecule has 0 heterocycles. The number of hydrogen-bond donors (Lipinski definition) is 2. The Bertz CT molecular complexity index is 240. The number of amides is 1. The Morgan fingerprint density at radius 1 is 1.73 bits per heavy atom. The first kappa shape index (κ1) is 7.85. The fourth-order valence-corrected chi connectivity index (χ4v) is 1.13. The highest BCUT2D eigenvalue weighted by molar-refractivity contribution is 5.95. The molecule has 0 aliphatic heterocycles. The maximum atomic E-state index is 10.7. The van der Waals surface area contributed by atoms with Gasteiger partial charge in [0.15, 0.2) is 0 Å². The Labute approximate surface area is 65.8 Å². The van der Waals surface area contributed by atoms with E-state index < -0.39 is 5.91 Å². The minimum atomic E-state index is -0.439. The molecule has 0 spiro atoms. The van der Waals surface area contributed by atoms with Gasteiger partial charge in [-0.25, -0.2) is 0 Å². The van der Waals surface area contributed by atoms with Gasteiger partial charge in [-0.2, -0.15) is 0 Å². The first-order valence-electron chi connectivity index (χ1n) is 3.58. The Morgan fingerprint density at radius 2 is 2.36 bits per heavy atom.